The first-order valence-electron chi connectivity index (χ1n) is 13.5. The number of hydrogen-bond donors (Lipinski definition) is 0. The van der Waals surface area contributed by atoms with E-state index >= 15 is 0 Å². The molecular weight excluding hydrogens is 432 g/mol. The van der Waals surface area contributed by atoms with E-state index in [-0.39, 0.29) is 10.8 Å². The molecule has 0 aliphatic heterocycles. The normalized spacial score (nSPS) is 22.7. The van der Waals surface area contributed by atoms with Crippen LogP contribution in [0.5, 0.6) is 0 Å². The Labute approximate surface area is 217 Å². The van der Waals surface area contributed by atoms with Gasteiger partial charge in [0.25, 0.3) is 0 Å². The van der Waals surface area contributed by atoms with Crippen molar-refractivity contribution in [1.82, 2.24) is 0 Å². The van der Waals surface area contributed by atoms with Gasteiger partial charge >= 0.3 is 0 Å². The maximum Gasteiger partial charge on any atom is 0.0205 e. The Hall–Kier alpha value is -3.12. The Morgan fingerprint density at radius 2 is 0.528 bits per heavy atom. The van der Waals surface area contributed by atoms with Crippen LogP contribution in [0, 0.1) is 10.8 Å². The van der Waals surface area contributed by atoms with Gasteiger partial charge in [-0.25, -0.2) is 0 Å². The molecule has 182 valence electrons. The van der Waals surface area contributed by atoms with Gasteiger partial charge in [0.1, 0.15) is 0 Å². The zero-order valence-electron chi connectivity index (χ0n) is 22.5. The van der Waals surface area contributed by atoms with Crippen molar-refractivity contribution in [1.29, 1.82) is 0 Å². The van der Waals surface area contributed by atoms with Gasteiger partial charge in [0, 0.05) is 23.7 Å². The second kappa shape index (κ2) is 8.20. The van der Waals surface area contributed by atoms with E-state index in [2.05, 4.69) is 139 Å². The van der Waals surface area contributed by atoms with Crippen molar-refractivity contribution in [2.45, 2.75) is 65.2 Å². The lowest BCUT2D eigenvalue weighted by Crippen LogP contribution is -2.33. The van der Waals surface area contributed by atoms with Gasteiger partial charge in [-0.05, 0) is 55.3 Å². The van der Waals surface area contributed by atoms with Crippen molar-refractivity contribution in [3.63, 3.8) is 0 Å². The molecular formula is C36H38. The summed E-state index contributed by atoms with van der Waals surface area (Å²) < 4.78 is 0. The Morgan fingerprint density at radius 3 is 0.722 bits per heavy atom. The van der Waals surface area contributed by atoms with Gasteiger partial charge in [-0.15, -0.1) is 0 Å². The summed E-state index contributed by atoms with van der Waals surface area (Å²) in [5, 5.41) is 0. The average Bonchev–Trinajstić information content (AvgIpc) is 2.84. The van der Waals surface area contributed by atoms with Gasteiger partial charge in [0.15, 0.2) is 0 Å². The smallest absolute Gasteiger partial charge is 0.0205 e. The molecule has 4 aromatic rings. The van der Waals surface area contributed by atoms with Crippen LogP contribution in [0.4, 0.5) is 0 Å². The van der Waals surface area contributed by atoms with Gasteiger partial charge in [-0.3, -0.25) is 0 Å². The van der Waals surface area contributed by atoms with E-state index < -0.39 is 0 Å². The van der Waals surface area contributed by atoms with Crippen LogP contribution in [-0.4, -0.2) is 0 Å². The molecule has 6 rings (SSSR count). The Morgan fingerprint density at radius 1 is 0.333 bits per heavy atom. The topological polar surface area (TPSA) is 0 Å². The van der Waals surface area contributed by atoms with Crippen LogP contribution in [0.2, 0.25) is 0 Å². The third-order valence-corrected chi connectivity index (χ3v) is 8.63. The first-order valence-corrected chi connectivity index (χ1v) is 13.5. The van der Waals surface area contributed by atoms with E-state index in [0.29, 0.717) is 23.7 Å². The molecule has 0 atom stereocenters. The molecule has 0 fully saturated rings. The van der Waals surface area contributed by atoms with Crippen LogP contribution in [0.3, 0.4) is 0 Å². The summed E-state index contributed by atoms with van der Waals surface area (Å²) in [7, 11) is 0. The third-order valence-electron chi connectivity index (χ3n) is 8.63. The highest BCUT2D eigenvalue weighted by Crippen LogP contribution is 2.59. The minimum absolute atomic E-state index is 0.136. The lowest BCUT2D eigenvalue weighted by atomic mass is 9.56. The lowest BCUT2D eigenvalue weighted by Gasteiger charge is -2.47. The molecule has 0 nitrogen and oxygen atoms in total. The number of benzene rings is 4. The first-order chi connectivity index (χ1) is 17.2. The third kappa shape index (κ3) is 3.49. The van der Waals surface area contributed by atoms with Gasteiger partial charge in [0.05, 0.1) is 0 Å². The fourth-order valence-corrected chi connectivity index (χ4v) is 7.48. The van der Waals surface area contributed by atoms with Crippen molar-refractivity contribution in [3.8, 4) is 0 Å². The zero-order valence-corrected chi connectivity index (χ0v) is 22.5. The maximum absolute atomic E-state index is 2.41. The molecule has 0 bridgehead atoms. The minimum Gasteiger partial charge on any atom is -0.0620 e. The van der Waals surface area contributed by atoms with E-state index in [4.69, 9.17) is 0 Å². The van der Waals surface area contributed by atoms with Crippen LogP contribution >= 0.6 is 0 Å². The Kier molecular flexibility index (Phi) is 5.31. The highest BCUT2D eigenvalue weighted by molar-refractivity contribution is 5.62. The SMILES string of the molecule is CC(C)(C)C1c2ccccc2C(C2c3ccccc3C(C(C)(C)C)c3ccccc32)c2ccccc21. The first kappa shape index (κ1) is 23.3. The van der Waals surface area contributed by atoms with Crippen molar-refractivity contribution in [2.75, 3.05) is 0 Å². The van der Waals surface area contributed by atoms with Gasteiger partial charge in [0.2, 0.25) is 0 Å². The summed E-state index contributed by atoms with van der Waals surface area (Å²) >= 11 is 0. The van der Waals surface area contributed by atoms with Gasteiger partial charge in [-0.1, -0.05) is 139 Å². The summed E-state index contributed by atoms with van der Waals surface area (Å²) in [4.78, 5) is 0. The fraction of sp³-hybridized carbons (Fsp3) is 0.333. The maximum atomic E-state index is 2.41. The van der Waals surface area contributed by atoms with Crippen molar-refractivity contribution >= 4 is 0 Å². The highest BCUT2D eigenvalue weighted by Gasteiger charge is 2.45. The lowest BCUT2D eigenvalue weighted by molar-refractivity contribution is 0.341. The molecule has 0 heterocycles. The summed E-state index contributed by atoms with van der Waals surface area (Å²) in [5.74, 6) is 1.36. The second-order valence-corrected chi connectivity index (χ2v) is 13.1. The second-order valence-electron chi connectivity index (χ2n) is 13.1. The molecule has 2 aliphatic rings. The molecule has 0 amide bonds. The monoisotopic (exact) mass is 470 g/mol. The Balaban J connectivity index is 1.67. The molecule has 36 heavy (non-hydrogen) atoms. The molecule has 0 spiro atoms. The highest BCUT2D eigenvalue weighted by atomic mass is 14.5. The molecule has 0 N–H and O–H groups in total. The van der Waals surface area contributed by atoms with Crippen LogP contribution in [0.15, 0.2) is 97.1 Å². The predicted octanol–water partition coefficient (Wildman–Crippen LogP) is 9.63. The van der Waals surface area contributed by atoms with E-state index in [1.807, 2.05) is 0 Å². The molecule has 0 aromatic heterocycles. The van der Waals surface area contributed by atoms with Crippen LogP contribution in [0.25, 0.3) is 0 Å². The number of rotatable bonds is 1. The van der Waals surface area contributed by atoms with Crippen LogP contribution in [-0.2, 0) is 0 Å². The van der Waals surface area contributed by atoms with Crippen LogP contribution in [0.1, 0.15) is 110 Å². The van der Waals surface area contributed by atoms with Crippen molar-refractivity contribution < 1.29 is 0 Å². The van der Waals surface area contributed by atoms with Crippen molar-refractivity contribution in [3.05, 3.63) is 142 Å². The minimum atomic E-state index is 0.136. The van der Waals surface area contributed by atoms with Gasteiger partial charge in [-0.2, -0.15) is 0 Å². The quantitative estimate of drug-likeness (QED) is 0.260. The zero-order chi connectivity index (χ0) is 25.2. The van der Waals surface area contributed by atoms with Crippen LogP contribution < -0.4 is 0 Å². The summed E-state index contributed by atoms with van der Waals surface area (Å²) in [6, 6.07) is 37.2. The predicted molar refractivity (Wildman–Crippen MR) is 152 cm³/mol. The number of hydrogen-bond acceptors (Lipinski definition) is 0. The van der Waals surface area contributed by atoms with E-state index in [1.165, 1.54) is 44.5 Å². The van der Waals surface area contributed by atoms with E-state index in [1.54, 1.807) is 0 Å². The molecule has 0 saturated heterocycles. The molecule has 4 aromatic carbocycles. The van der Waals surface area contributed by atoms with E-state index in [9.17, 15) is 0 Å². The number of fused-ring (bicyclic) bond motifs is 4. The summed E-state index contributed by atoms with van der Waals surface area (Å²) in [6.07, 6.45) is 0. The summed E-state index contributed by atoms with van der Waals surface area (Å²) in [6.45, 7) is 14.4. The van der Waals surface area contributed by atoms with Crippen molar-refractivity contribution in [2.24, 2.45) is 10.8 Å². The molecule has 0 radical (unpaired) electrons. The average molecular weight is 471 g/mol. The molecule has 2 aliphatic carbocycles. The summed E-state index contributed by atoms with van der Waals surface area (Å²) in [5.41, 5.74) is 12.3. The largest absolute Gasteiger partial charge is 0.0620 e. The Bertz CT molecular complexity index is 1220. The fourth-order valence-electron chi connectivity index (χ4n) is 7.48. The molecule has 0 heteroatoms. The van der Waals surface area contributed by atoms with E-state index in [0.717, 1.165) is 0 Å². The standard InChI is InChI=1S/C36H38/c1-35(2,3)33-27-19-11-7-15-23(27)31(24-16-8-12-20-28(24)33)32-25-17-9-13-21-29(25)34(36(4,5)6)30-22-14-10-18-26(30)32/h7-22,31-34H,1-6H3. The molecule has 0 saturated carbocycles. The molecule has 0 unspecified atom stereocenters. The van der Waals surface area contributed by atoms with Gasteiger partial charge < -0.3 is 0 Å².